The smallest absolute Gasteiger partial charge is 0.223 e. The number of benzene rings is 6. The van der Waals surface area contributed by atoms with E-state index >= 15 is 0 Å². The first-order valence-electron chi connectivity index (χ1n) is 15.5. The standard InChI is InChI=1S/C40H22N8/c1-42-32-23-38-37(21-25(32)24-41)47-35-19-8-4-15-30(35)43-39(47)46(40-44-31-16-5-9-20-36(31)48(38)40)27-12-10-11-26(22-27)45-33-17-6-2-13-28(33)29-14-3-7-18-34(29)45/h2-23H. The van der Waals surface area contributed by atoms with Gasteiger partial charge in [-0.15, -0.1) is 0 Å². The van der Waals surface area contributed by atoms with Gasteiger partial charge in [-0.05, 0) is 66.7 Å². The van der Waals surface area contributed by atoms with Gasteiger partial charge in [-0.25, -0.2) is 19.4 Å². The van der Waals surface area contributed by atoms with E-state index in [1.165, 1.54) is 10.8 Å². The van der Waals surface area contributed by atoms with Crippen molar-refractivity contribution in [2.75, 3.05) is 0 Å². The molecular weight excluding hydrogens is 592 g/mol. The molecule has 0 fully saturated rings. The van der Waals surface area contributed by atoms with Crippen molar-refractivity contribution in [3.05, 3.63) is 150 Å². The van der Waals surface area contributed by atoms with Gasteiger partial charge in [0.1, 0.15) is 0 Å². The minimum Gasteiger partial charge on any atom is -0.309 e. The lowest BCUT2D eigenvalue weighted by molar-refractivity contribution is 1.02. The van der Waals surface area contributed by atoms with Gasteiger partial charge in [0.05, 0.1) is 68.0 Å². The van der Waals surface area contributed by atoms with Crippen LogP contribution in [0.4, 0.5) is 5.69 Å². The van der Waals surface area contributed by atoms with Crippen molar-refractivity contribution >= 4 is 72.1 Å². The van der Waals surface area contributed by atoms with Gasteiger partial charge in [0.25, 0.3) is 0 Å². The van der Waals surface area contributed by atoms with Crippen LogP contribution in [0.1, 0.15) is 5.56 Å². The molecule has 0 atom stereocenters. The molecule has 0 aliphatic rings. The number of hydrogen-bond acceptors (Lipinski definition) is 3. The molecule has 8 nitrogen and oxygen atoms in total. The van der Waals surface area contributed by atoms with Crippen LogP contribution in [0.25, 0.3) is 82.7 Å². The number of nitrogens with zero attached hydrogens (tertiary/aromatic N) is 8. The minimum atomic E-state index is 0.285. The van der Waals surface area contributed by atoms with Crippen LogP contribution in [-0.4, -0.2) is 27.9 Å². The zero-order chi connectivity index (χ0) is 31.9. The molecule has 222 valence electrons. The average Bonchev–Trinajstić information content (AvgIpc) is 3.79. The van der Waals surface area contributed by atoms with Crippen LogP contribution in [0.5, 0.6) is 0 Å². The molecule has 10 aromatic rings. The van der Waals surface area contributed by atoms with Gasteiger partial charge in [0, 0.05) is 16.5 Å². The first-order valence-corrected chi connectivity index (χ1v) is 15.5. The fourth-order valence-electron chi connectivity index (χ4n) is 7.20. The summed E-state index contributed by atoms with van der Waals surface area (Å²) in [4.78, 5) is 14.2. The Morgan fingerprint density at radius 3 is 1.58 bits per heavy atom. The molecule has 48 heavy (non-hydrogen) atoms. The highest BCUT2D eigenvalue weighted by atomic mass is 15.3. The normalized spacial score (nSPS) is 11.7. The third-order valence-electron chi connectivity index (χ3n) is 9.23. The number of nitriles is 1. The zero-order valence-corrected chi connectivity index (χ0v) is 25.3. The Hall–Kier alpha value is -7.16. The second kappa shape index (κ2) is 9.67. The molecule has 0 radical (unpaired) electrons. The molecule has 0 unspecified atom stereocenters. The predicted octanol–water partition coefficient (Wildman–Crippen LogP) is 9.31. The van der Waals surface area contributed by atoms with Gasteiger partial charge in [-0.2, -0.15) is 5.26 Å². The molecular formula is C40H22N8. The summed E-state index contributed by atoms with van der Waals surface area (Å²) in [5.74, 6) is 1.26. The van der Waals surface area contributed by atoms with Crippen molar-refractivity contribution in [2.24, 2.45) is 0 Å². The van der Waals surface area contributed by atoms with E-state index in [0.717, 1.165) is 55.5 Å². The molecule has 10 rings (SSSR count). The van der Waals surface area contributed by atoms with Crippen molar-refractivity contribution in [2.45, 2.75) is 0 Å². The lowest BCUT2D eigenvalue weighted by atomic mass is 10.1. The van der Waals surface area contributed by atoms with Gasteiger partial charge in [0.2, 0.25) is 17.2 Å². The van der Waals surface area contributed by atoms with E-state index < -0.39 is 0 Å². The summed E-state index contributed by atoms with van der Waals surface area (Å²) < 4.78 is 8.54. The van der Waals surface area contributed by atoms with Gasteiger partial charge in [-0.1, -0.05) is 66.7 Å². The van der Waals surface area contributed by atoms with Crippen LogP contribution in [0, 0.1) is 17.9 Å². The minimum absolute atomic E-state index is 0.285. The summed E-state index contributed by atoms with van der Waals surface area (Å²) in [6, 6.07) is 47.2. The van der Waals surface area contributed by atoms with Crippen LogP contribution in [0.3, 0.4) is 0 Å². The summed E-state index contributed by atoms with van der Waals surface area (Å²) in [6.07, 6.45) is 0. The molecule has 4 heterocycles. The molecule has 4 aromatic heterocycles. The van der Waals surface area contributed by atoms with Crippen molar-refractivity contribution < 1.29 is 0 Å². The van der Waals surface area contributed by atoms with E-state index in [-0.39, 0.29) is 5.69 Å². The third-order valence-corrected chi connectivity index (χ3v) is 9.23. The predicted molar refractivity (Wildman–Crippen MR) is 190 cm³/mol. The Kier molecular flexibility index (Phi) is 5.26. The van der Waals surface area contributed by atoms with Crippen molar-refractivity contribution in [1.29, 1.82) is 5.26 Å². The summed E-state index contributed by atoms with van der Waals surface area (Å²) in [5, 5.41) is 12.5. The van der Waals surface area contributed by atoms with Crippen molar-refractivity contribution in [3.8, 4) is 17.4 Å². The van der Waals surface area contributed by atoms with Gasteiger partial charge in [-0.3, -0.25) is 8.80 Å². The summed E-state index contributed by atoms with van der Waals surface area (Å²) in [5.41, 5.74) is 9.55. The SMILES string of the molecule is [C-]#[N+]c1cc2c(cc1C#N)n1c3ccccc3nc1n(-c1cccc(-n3c4ccccc4c4ccccc43)c1)c1nc3ccccc3n21. The number of para-hydroxylation sites is 6. The Morgan fingerprint density at radius 2 is 1.02 bits per heavy atom. The van der Waals surface area contributed by atoms with Gasteiger partial charge >= 0.3 is 0 Å². The molecule has 0 bridgehead atoms. The Balaban J connectivity index is 1.43. The van der Waals surface area contributed by atoms with E-state index in [2.05, 4.69) is 102 Å². The second-order valence-corrected chi connectivity index (χ2v) is 11.8. The largest absolute Gasteiger partial charge is 0.309 e. The summed E-state index contributed by atoms with van der Waals surface area (Å²) >= 11 is 0. The molecule has 0 saturated heterocycles. The number of rotatable bonds is 2. The summed E-state index contributed by atoms with van der Waals surface area (Å²) in [6.45, 7) is 7.91. The Bertz CT molecular complexity index is 2920. The molecule has 0 saturated carbocycles. The molecule has 0 spiro atoms. The first kappa shape index (κ1) is 26.1. The maximum atomic E-state index is 10.1. The van der Waals surface area contributed by atoms with Gasteiger partial charge < -0.3 is 4.57 Å². The molecule has 8 heteroatoms. The fraction of sp³-hybridized carbons (Fsp3) is 0. The van der Waals surface area contributed by atoms with E-state index in [0.29, 0.717) is 17.1 Å². The van der Waals surface area contributed by atoms with E-state index in [9.17, 15) is 5.26 Å². The fourth-order valence-corrected chi connectivity index (χ4v) is 7.20. The molecule has 6 aromatic carbocycles. The number of aromatic nitrogens is 6. The van der Waals surface area contributed by atoms with Crippen LogP contribution in [0.15, 0.2) is 133 Å². The Labute approximate surface area is 272 Å². The van der Waals surface area contributed by atoms with Crippen molar-refractivity contribution in [1.82, 2.24) is 27.9 Å². The number of fused-ring (bicyclic) bond motifs is 12. The van der Waals surface area contributed by atoms with E-state index in [1.807, 2.05) is 48.5 Å². The topological polar surface area (TPSA) is 72.6 Å². The molecule has 0 amide bonds. The zero-order valence-electron chi connectivity index (χ0n) is 25.3. The number of hydrogen-bond donors (Lipinski definition) is 0. The second-order valence-electron chi connectivity index (χ2n) is 11.8. The quantitative estimate of drug-likeness (QED) is 0.182. The highest BCUT2D eigenvalue weighted by molar-refractivity contribution is 6.09. The van der Waals surface area contributed by atoms with Crippen LogP contribution < -0.4 is 0 Å². The van der Waals surface area contributed by atoms with Gasteiger partial charge in [0.15, 0.2) is 0 Å². The van der Waals surface area contributed by atoms with Crippen LogP contribution >= 0.6 is 0 Å². The maximum absolute atomic E-state index is 10.1. The lowest BCUT2D eigenvalue weighted by Crippen LogP contribution is -2.03. The monoisotopic (exact) mass is 614 g/mol. The molecule has 0 aliphatic heterocycles. The highest BCUT2D eigenvalue weighted by Gasteiger charge is 2.21. The maximum Gasteiger partial charge on any atom is 0.223 e. The Morgan fingerprint density at radius 1 is 0.521 bits per heavy atom. The van der Waals surface area contributed by atoms with Crippen molar-refractivity contribution in [3.63, 3.8) is 0 Å². The molecule has 0 N–H and O–H groups in total. The van der Waals surface area contributed by atoms with E-state index in [4.69, 9.17) is 16.5 Å². The van der Waals surface area contributed by atoms with Crippen LogP contribution in [0.2, 0.25) is 0 Å². The first-order chi connectivity index (χ1) is 23.7. The third kappa shape index (κ3) is 3.46. The highest BCUT2D eigenvalue weighted by Crippen LogP contribution is 2.35. The molecule has 0 aliphatic carbocycles. The van der Waals surface area contributed by atoms with Crippen LogP contribution in [-0.2, 0) is 0 Å². The number of imidazole rings is 2. The lowest BCUT2D eigenvalue weighted by Gasteiger charge is -2.12. The average molecular weight is 615 g/mol. The van der Waals surface area contributed by atoms with E-state index in [1.54, 1.807) is 12.1 Å². The summed E-state index contributed by atoms with van der Waals surface area (Å²) in [7, 11) is 0.